The average molecular weight is 152 g/mol. The van der Waals surface area contributed by atoms with Gasteiger partial charge < -0.3 is 5.43 Å². The van der Waals surface area contributed by atoms with Crippen LogP contribution in [0.25, 0.3) is 0 Å². The van der Waals surface area contributed by atoms with Gasteiger partial charge in [0.1, 0.15) is 5.71 Å². The third kappa shape index (κ3) is 1.40. The predicted octanol–water partition coefficient (Wildman–Crippen LogP) is 1.29. The molecule has 58 valence electrons. The molecule has 0 fully saturated rings. The fourth-order valence-electron chi connectivity index (χ4n) is 0.749. The Bertz CT molecular complexity index is 161. The number of hydrogen-bond donors (Lipinski definition) is 1. The van der Waals surface area contributed by atoms with E-state index in [0.717, 1.165) is 0 Å². The molecule has 1 N–H and O–H groups in total. The number of hydrazone groups is 1. The lowest BCUT2D eigenvalue weighted by atomic mass is 10.2. The van der Waals surface area contributed by atoms with Crippen LogP contribution >= 0.6 is 0 Å². The predicted molar refractivity (Wildman–Crippen MR) is 30.7 cm³/mol. The zero-order chi connectivity index (χ0) is 7.78. The van der Waals surface area contributed by atoms with Crippen LogP contribution in [0.5, 0.6) is 0 Å². The van der Waals surface area contributed by atoms with Crippen molar-refractivity contribution in [2.45, 2.75) is 25.6 Å². The molecule has 0 unspecified atom stereocenters. The molecular weight excluding hydrogens is 145 g/mol. The van der Waals surface area contributed by atoms with E-state index in [4.69, 9.17) is 0 Å². The highest BCUT2D eigenvalue weighted by molar-refractivity contribution is 5.91. The van der Waals surface area contributed by atoms with E-state index in [-0.39, 0.29) is 12.5 Å². The first-order chi connectivity index (χ1) is 4.50. The lowest BCUT2D eigenvalue weighted by Crippen LogP contribution is -2.22. The standard InChI is InChI=1S/C5H7F3N2/c1-3-2-4(10-9-3)5(6,7)8/h3,9H,2H2,1H3/t3-/m0/s1. The van der Waals surface area contributed by atoms with Gasteiger partial charge in [-0.3, -0.25) is 0 Å². The monoisotopic (exact) mass is 152 g/mol. The smallest absolute Gasteiger partial charge is 0.307 e. The Morgan fingerprint density at radius 3 is 2.40 bits per heavy atom. The summed E-state index contributed by atoms with van der Waals surface area (Å²) in [6, 6.07) is -0.184. The molecule has 0 saturated carbocycles. The van der Waals surface area contributed by atoms with Crippen LogP contribution in [-0.4, -0.2) is 17.9 Å². The van der Waals surface area contributed by atoms with E-state index in [2.05, 4.69) is 10.5 Å². The molecule has 0 aromatic rings. The molecule has 2 nitrogen and oxygen atoms in total. The van der Waals surface area contributed by atoms with Crippen LogP contribution in [-0.2, 0) is 0 Å². The maximum absolute atomic E-state index is 11.8. The number of halogens is 3. The summed E-state index contributed by atoms with van der Waals surface area (Å²) in [7, 11) is 0. The molecule has 0 aromatic carbocycles. The van der Waals surface area contributed by atoms with Crippen LogP contribution < -0.4 is 5.43 Å². The van der Waals surface area contributed by atoms with Crippen LogP contribution in [0.2, 0.25) is 0 Å². The summed E-state index contributed by atoms with van der Waals surface area (Å²) in [4.78, 5) is 0. The maximum Gasteiger partial charge on any atom is 0.431 e. The molecule has 0 radical (unpaired) electrons. The fourth-order valence-corrected chi connectivity index (χ4v) is 0.749. The van der Waals surface area contributed by atoms with Crippen molar-refractivity contribution in [3.05, 3.63) is 0 Å². The molecule has 1 atom stereocenters. The molecule has 0 aliphatic carbocycles. The minimum absolute atomic E-state index is 0.0243. The second-order valence-corrected chi connectivity index (χ2v) is 2.29. The first kappa shape index (κ1) is 7.37. The third-order valence-corrected chi connectivity index (χ3v) is 1.25. The summed E-state index contributed by atoms with van der Waals surface area (Å²) < 4.78 is 35.3. The van der Waals surface area contributed by atoms with Gasteiger partial charge in [0.25, 0.3) is 0 Å². The average Bonchev–Trinajstić information content (AvgIpc) is 2.11. The minimum atomic E-state index is -4.25. The van der Waals surface area contributed by atoms with E-state index < -0.39 is 11.9 Å². The van der Waals surface area contributed by atoms with E-state index in [1.54, 1.807) is 6.92 Å². The van der Waals surface area contributed by atoms with Gasteiger partial charge in [0.15, 0.2) is 0 Å². The van der Waals surface area contributed by atoms with Gasteiger partial charge in [-0.05, 0) is 6.92 Å². The second kappa shape index (κ2) is 2.14. The summed E-state index contributed by atoms with van der Waals surface area (Å²) >= 11 is 0. The van der Waals surface area contributed by atoms with Crippen LogP contribution in [0.15, 0.2) is 5.10 Å². The van der Waals surface area contributed by atoms with Crippen molar-refractivity contribution >= 4 is 5.71 Å². The van der Waals surface area contributed by atoms with E-state index in [1.165, 1.54) is 0 Å². The summed E-state index contributed by atoms with van der Waals surface area (Å²) in [5.41, 5.74) is 1.64. The highest BCUT2D eigenvalue weighted by atomic mass is 19.4. The van der Waals surface area contributed by atoms with Crippen molar-refractivity contribution < 1.29 is 13.2 Å². The maximum atomic E-state index is 11.8. The fraction of sp³-hybridized carbons (Fsp3) is 0.800. The van der Waals surface area contributed by atoms with Crippen molar-refractivity contribution in [1.29, 1.82) is 0 Å². The molecule has 5 heteroatoms. The Labute approximate surface area is 56.1 Å². The summed E-state index contributed by atoms with van der Waals surface area (Å²) in [5, 5.41) is 3.13. The largest absolute Gasteiger partial charge is 0.431 e. The molecule has 0 spiro atoms. The van der Waals surface area contributed by atoms with Gasteiger partial charge in [0.2, 0.25) is 0 Å². The van der Waals surface area contributed by atoms with E-state index in [0.29, 0.717) is 0 Å². The van der Waals surface area contributed by atoms with Crippen LogP contribution in [0, 0.1) is 0 Å². The van der Waals surface area contributed by atoms with Gasteiger partial charge in [-0.1, -0.05) is 0 Å². The Morgan fingerprint density at radius 1 is 1.60 bits per heavy atom. The summed E-state index contributed by atoms with van der Waals surface area (Å²) in [6.07, 6.45) is -4.28. The number of alkyl halides is 3. The van der Waals surface area contributed by atoms with Gasteiger partial charge >= 0.3 is 6.18 Å². The van der Waals surface area contributed by atoms with Gasteiger partial charge in [-0.15, -0.1) is 0 Å². The molecule has 0 aromatic heterocycles. The lowest BCUT2D eigenvalue weighted by Gasteiger charge is -2.03. The van der Waals surface area contributed by atoms with Gasteiger partial charge in [-0.25, -0.2) is 0 Å². The normalized spacial score (nSPS) is 26.0. The zero-order valence-corrected chi connectivity index (χ0v) is 5.37. The van der Waals surface area contributed by atoms with Crippen molar-refractivity contribution in [1.82, 2.24) is 5.43 Å². The minimum Gasteiger partial charge on any atom is -0.307 e. The molecule has 0 amide bonds. The molecule has 1 rings (SSSR count). The first-order valence-electron chi connectivity index (χ1n) is 2.89. The van der Waals surface area contributed by atoms with Crippen molar-refractivity contribution in [2.75, 3.05) is 0 Å². The van der Waals surface area contributed by atoms with Crippen molar-refractivity contribution in [3.8, 4) is 0 Å². The van der Waals surface area contributed by atoms with Gasteiger partial charge in [-0.2, -0.15) is 18.3 Å². The Morgan fingerprint density at radius 2 is 2.20 bits per heavy atom. The molecule has 0 bridgehead atoms. The molecule has 1 aliphatic heterocycles. The highest BCUT2D eigenvalue weighted by Crippen LogP contribution is 2.22. The van der Waals surface area contributed by atoms with Gasteiger partial charge in [0, 0.05) is 12.5 Å². The van der Waals surface area contributed by atoms with Gasteiger partial charge in [0.05, 0.1) is 0 Å². The van der Waals surface area contributed by atoms with Crippen LogP contribution in [0.4, 0.5) is 13.2 Å². The number of hydrogen-bond acceptors (Lipinski definition) is 2. The topological polar surface area (TPSA) is 24.4 Å². The molecule has 10 heavy (non-hydrogen) atoms. The molecule has 1 heterocycles. The van der Waals surface area contributed by atoms with E-state index in [1.807, 2.05) is 0 Å². The Balaban J connectivity index is 2.60. The first-order valence-corrected chi connectivity index (χ1v) is 2.89. The van der Waals surface area contributed by atoms with Crippen LogP contribution in [0.3, 0.4) is 0 Å². The second-order valence-electron chi connectivity index (χ2n) is 2.29. The number of rotatable bonds is 0. The zero-order valence-electron chi connectivity index (χ0n) is 5.37. The number of nitrogens with zero attached hydrogens (tertiary/aromatic N) is 1. The summed E-state index contributed by atoms with van der Waals surface area (Å²) in [5.74, 6) is 0. The molecule has 1 aliphatic rings. The van der Waals surface area contributed by atoms with Crippen molar-refractivity contribution in [3.63, 3.8) is 0 Å². The SMILES string of the molecule is C[C@H]1CC(C(F)(F)F)=NN1. The van der Waals surface area contributed by atoms with E-state index in [9.17, 15) is 13.2 Å². The molecule has 0 saturated heterocycles. The summed E-state index contributed by atoms with van der Waals surface area (Å²) in [6.45, 7) is 1.66. The lowest BCUT2D eigenvalue weighted by molar-refractivity contribution is -0.0600. The number of nitrogens with one attached hydrogen (secondary N) is 1. The molecular formula is C5H7F3N2. The van der Waals surface area contributed by atoms with Crippen molar-refractivity contribution in [2.24, 2.45) is 5.10 Å². The van der Waals surface area contributed by atoms with Crippen LogP contribution in [0.1, 0.15) is 13.3 Å². The Hall–Kier alpha value is -0.740. The highest BCUT2D eigenvalue weighted by Gasteiger charge is 2.38. The third-order valence-electron chi connectivity index (χ3n) is 1.25. The quantitative estimate of drug-likeness (QED) is 0.555. The Kier molecular flexibility index (Phi) is 1.58. The van der Waals surface area contributed by atoms with E-state index >= 15 is 0 Å².